The second-order valence-corrected chi connectivity index (χ2v) is 5.03. The van der Waals surface area contributed by atoms with Gasteiger partial charge in [-0.3, -0.25) is 4.79 Å². The molecule has 1 atom stereocenters. The smallest absolute Gasteiger partial charge is 0.249 e. The molecular formula is C12H22BrNO2. The van der Waals surface area contributed by atoms with Crippen molar-refractivity contribution in [1.29, 1.82) is 0 Å². The lowest BCUT2D eigenvalue weighted by Crippen LogP contribution is -2.53. The van der Waals surface area contributed by atoms with Gasteiger partial charge in [0.25, 0.3) is 0 Å². The molecule has 0 saturated carbocycles. The quantitative estimate of drug-likeness (QED) is 0.791. The molecule has 0 aliphatic carbocycles. The van der Waals surface area contributed by atoms with E-state index in [4.69, 9.17) is 4.74 Å². The molecule has 0 bridgehead atoms. The van der Waals surface area contributed by atoms with Gasteiger partial charge in [-0.15, -0.1) is 0 Å². The fourth-order valence-corrected chi connectivity index (χ4v) is 2.87. The third-order valence-electron chi connectivity index (χ3n) is 3.47. The van der Waals surface area contributed by atoms with E-state index in [1.165, 1.54) is 0 Å². The molecule has 3 nitrogen and oxygen atoms in total. The highest BCUT2D eigenvalue weighted by Gasteiger charge is 2.31. The van der Waals surface area contributed by atoms with Crippen LogP contribution in [-0.2, 0) is 9.53 Å². The van der Waals surface area contributed by atoms with Crippen molar-refractivity contribution < 1.29 is 9.53 Å². The normalized spacial score (nSPS) is 21.8. The van der Waals surface area contributed by atoms with Crippen LogP contribution < -0.4 is 5.32 Å². The Morgan fingerprint density at radius 3 is 2.56 bits per heavy atom. The Morgan fingerprint density at radius 1 is 1.44 bits per heavy atom. The third kappa shape index (κ3) is 3.45. The Morgan fingerprint density at radius 2 is 2.12 bits per heavy atom. The summed E-state index contributed by atoms with van der Waals surface area (Å²) in [7, 11) is 0. The first kappa shape index (κ1) is 14.0. The van der Waals surface area contributed by atoms with Crippen LogP contribution in [0.4, 0.5) is 0 Å². The number of alkyl halides is 1. The monoisotopic (exact) mass is 291 g/mol. The molecule has 0 spiro atoms. The Balaban J connectivity index is 2.53. The van der Waals surface area contributed by atoms with Crippen LogP contribution in [0.2, 0.25) is 0 Å². The lowest BCUT2D eigenvalue weighted by Gasteiger charge is -2.33. The summed E-state index contributed by atoms with van der Waals surface area (Å²) in [6.07, 6.45) is 4.68. The summed E-state index contributed by atoms with van der Waals surface area (Å²) >= 11 is 3.49. The number of carbonyl (C=O) groups excluding carboxylic acids is 1. The molecule has 4 heteroatoms. The van der Waals surface area contributed by atoms with Crippen molar-refractivity contribution in [1.82, 2.24) is 5.32 Å². The first-order valence-corrected chi connectivity index (χ1v) is 7.29. The van der Waals surface area contributed by atoms with Crippen molar-refractivity contribution in [3.8, 4) is 0 Å². The van der Waals surface area contributed by atoms with Crippen molar-refractivity contribution in [2.24, 2.45) is 0 Å². The van der Waals surface area contributed by atoms with Gasteiger partial charge in [0.1, 0.15) is 6.10 Å². The van der Waals surface area contributed by atoms with Gasteiger partial charge in [-0.05, 0) is 32.1 Å². The minimum Gasteiger partial charge on any atom is -0.368 e. The van der Waals surface area contributed by atoms with Crippen molar-refractivity contribution in [2.45, 2.75) is 57.6 Å². The van der Waals surface area contributed by atoms with Gasteiger partial charge in [0.05, 0.1) is 0 Å². The van der Waals surface area contributed by atoms with Crippen LogP contribution in [0.25, 0.3) is 0 Å². The number of hydrogen-bond donors (Lipinski definition) is 1. The van der Waals surface area contributed by atoms with Crippen LogP contribution in [0.3, 0.4) is 0 Å². The highest BCUT2D eigenvalue weighted by Crippen LogP contribution is 2.20. The van der Waals surface area contributed by atoms with Crippen LogP contribution in [0.5, 0.6) is 0 Å². The Labute approximate surface area is 106 Å². The van der Waals surface area contributed by atoms with E-state index in [0.717, 1.165) is 44.0 Å². The van der Waals surface area contributed by atoms with Gasteiger partial charge in [0.15, 0.2) is 0 Å². The van der Waals surface area contributed by atoms with Crippen molar-refractivity contribution >= 4 is 21.8 Å². The maximum atomic E-state index is 12.0. The van der Waals surface area contributed by atoms with E-state index in [9.17, 15) is 4.79 Å². The number of amides is 1. The molecule has 1 rings (SSSR count). The number of ether oxygens (including phenoxy) is 1. The number of hydrogen-bond acceptors (Lipinski definition) is 2. The molecule has 0 aromatic rings. The van der Waals surface area contributed by atoms with Gasteiger partial charge in [-0.2, -0.15) is 0 Å². The zero-order valence-electron chi connectivity index (χ0n) is 10.2. The molecule has 0 radical (unpaired) electrons. The zero-order chi connectivity index (χ0) is 12.0. The maximum absolute atomic E-state index is 12.0. The average Bonchev–Trinajstić information content (AvgIpc) is 2.37. The zero-order valence-corrected chi connectivity index (χ0v) is 11.8. The van der Waals surface area contributed by atoms with Gasteiger partial charge >= 0.3 is 0 Å². The molecule has 1 aliphatic heterocycles. The SMILES string of the molecule is CCC(CC)(CBr)NC(=O)C1CCCCO1. The molecule has 1 unspecified atom stereocenters. The second kappa shape index (κ2) is 6.60. The molecule has 0 aromatic heterocycles. The summed E-state index contributed by atoms with van der Waals surface area (Å²) in [5, 5.41) is 3.94. The van der Waals surface area contributed by atoms with Gasteiger partial charge < -0.3 is 10.1 Å². The lowest BCUT2D eigenvalue weighted by molar-refractivity contribution is -0.137. The molecule has 16 heavy (non-hydrogen) atoms. The van der Waals surface area contributed by atoms with E-state index in [1.54, 1.807) is 0 Å². The van der Waals surface area contributed by atoms with Gasteiger partial charge in [-0.25, -0.2) is 0 Å². The average molecular weight is 292 g/mol. The minimum atomic E-state index is -0.231. The Kier molecular flexibility index (Phi) is 5.76. The number of halogens is 1. The standard InChI is InChI=1S/C12H22BrNO2/c1-3-12(4-2,9-13)14-11(15)10-7-5-6-8-16-10/h10H,3-9H2,1-2H3,(H,14,15). The molecule has 1 heterocycles. The summed E-state index contributed by atoms with van der Waals surface area (Å²) < 4.78 is 5.49. The van der Waals surface area contributed by atoms with Crippen LogP contribution in [0.15, 0.2) is 0 Å². The van der Waals surface area contributed by atoms with Gasteiger partial charge in [0.2, 0.25) is 5.91 Å². The number of rotatable bonds is 5. The van der Waals surface area contributed by atoms with Gasteiger partial charge in [0, 0.05) is 17.5 Å². The summed E-state index contributed by atoms with van der Waals surface area (Å²) in [6.45, 7) is 4.93. The predicted octanol–water partition coefficient (Wildman–Crippen LogP) is 2.63. The molecule has 1 saturated heterocycles. The van der Waals surface area contributed by atoms with Crippen molar-refractivity contribution in [2.75, 3.05) is 11.9 Å². The van der Waals surface area contributed by atoms with Crippen LogP contribution in [-0.4, -0.2) is 29.5 Å². The maximum Gasteiger partial charge on any atom is 0.249 e. The van der Waals surface area contributed by atoms with E-state index >= 15 is 0 Å². The Bertz CT molecular complexity index is 215. The highest BCUT2D eigenvalue weighted by molar-refractivity contribution is 9.09. The van der Waals surface area contributed by atoms with E-state index in [2.05, 4.69) is 35.1 Å². The molecular weight excluding hydrogens is 270 g/mol. The summed E-state index contributed by atoms with van der Waals surface area (Å²) in [5.74, 6) is 0.0582. The molecule has 0 aromatic carbocycles. The van der Waals surface area contributed by atoms with Gasteiger partial charge in [-0.1, -0.05) is 29.8 Å². The molecule has 94 valence electrons. The van der Waals surface area contributed by atoms with E-state index in [1.807, 2.05) is 0 Å². The Hall–Kier alpha value is -0.0900. The molecule has 1 aliphatic rings. The number of nitrogens with one attached hydrogen (secondary N) is 1. The van der Waals surface area contributed by atoms with Crippen molar-refractivity contribution in [3.63, 3.8) is 0 Å². The summed E-state index contributed by atoms with van der Waals surface area (Å²) in [6, 6.07) is 0. The van der Waals surface area contributed by atoms with Crippen LogP contribution >= 0.6 is 15.9 Å². The van der Waals surface area contributed by atoms with E-state index in [-0.39, 0.29) is 17.6 Å². The summed E-state index contributed by atoms with van der Waals surface area (Å²) in [5.41, 5.74) is -0.113. The topological polar surface area (TPSA) is 38.3 Å². The van der Waals surface area contributed by atoms with E-state index in [0.29, 0.717) is 0 Å². The lowest BCUT2D eigenvalue weighted by atomic mass is 9.94. The largest absolute Gasteiger partial charge is 0.368 e. The molecule has 1 amide bonds. The second-order valence-electron chi connectivity index (χ2n) is 4.47. The first-order valence-electron chi connectivity index (χ1n) is 6.17. The van der Waals surface area contributed by atoms with Crippen molar-refractivity contribution in [3.05, 3.63) is 0 Å². The summed E-state index contributed by atoms with van der Waals surface area (Å²) in [4.78, 5) is 12.0. The molecule has 1 fully saturated rings. The minimum absolute atomic E-state index is 0.0582. The predicted molar refractivity (Wildman–Crippen MR) is 68.8 cm³/mol. The van der Waals surface area contributed by atoms with E-state index < -0.39 is 0 Å². The van der Waals surface area contributed by atoms with Crippen LogP contribution in [0.1, 0.15) is 46.0 Å². The fraction of sp³-hybridized carbons (Fsp3) is 0.917. The highest BCUT2D eigenvalue weighted by atomic mass is 79.9. The van der Waals surface area contributed by atoms with Crippen LogP contribution in [0, 0.1) is 0 Å². The number of carbonyl (C=O) groups is 1. The molecule has 1 N–H and O–H groups in total. The first-order chi connectivity index (χ1) is 7.67. The fourth-order valence-electron chi connectivity index (χ4n) is 1.94. The third-order valence-corrected chi connectivity index (χ3v) is 4.54.